The molecule has 3 rings (SSSR count). The molecule has 0 fully saturated rings. The topological polar surface area (TPSA) is 87.0 Å². The van der Waals surface area contributed by atoms with Crippen LogP contribution in [0.15, 0.2) is 47.4 Å². The van der Waals surface area contributed by atoms with Gasteiger partial charge in [-0.3, -0.25) is 4.79 Å². The Labute approximate surface area is 134 Å². The lowest BCUT2D eigenvalue weighted by Gasteiger charge is -2.17. The Hall–Kier alpha value is -2.65. The van der Waals surface area contributed by atoms with Crippen molar-refractivity contribution >= 4 is 21.4 Å². The normalized spacial score (nSPS) is 15.3. The van der Waals surface area contributed by atoms with Crippen molar-refractivity contribution in [1.29, 1.82) is 5.26 Å². The maximum absolute atomic E-state index is 12.4. The summed E-state index contributed by atoms with van der Waals surface area (Å²) in [5, 5.41) is 11.7. The van der Waals surface area contributed by atoms with E-state index in [4.69, 9.17) is 5.26 Å². The quantitative estimate of drug-likeness (QED) is 0.918. The first-order chi connectivity index (χ1) is 11.0. The number of sulfone groups is 1. The summed E-state index contributed by atoms with van der Waals surface area (Å²) < 4.78 is 24.0. The average Bonchev–Trinajstić information content (AvgIpc) is 2.54. The number of hydrogen-bond acceptors (Lipinski definition) is 4. The van der Waals surface area contributed by atoms with Crippen LogP contribution in [0, 0.1) is 11.3 Å². The van der Waals surface area contributed by atoms with Crippen molar-refractivity contribution in [3.63, 3.8) is 0 Å². The molecule has 2 aromatic carbocycles. The van der Waals surface area contributed by atoms with Crippen LogP contribution in [0.3, 0.4) is 0 Å². The van der Waals surface area contributed by atoms with E-state index in [1.807, 2.05) is 6.07 Å². The molecule has 0 bridgehead atoms. The maximum Gasteiger partial charge on any atom is 0.255 e. The minimum Gasteiger partial charge on any atom is -0.321 e. The predicted octanol–water partition coefficient (Wildman–Crippen LogP) is 2.53. The van der Waals surface area contributed by atoms with Crippen LogP contribution in [0.4, 0.5) is 5.69 Å². The van der Waals surface area contributed by atoms with Crippen molar-refractivity contribution < 1.29 is 13.2 Å². The number of aryl methyl sites for hydroxylation is 1. The summed E-state index contributed by atoms with van der Waals surface area (Å²) in [5.41, 5.74) is 1.87. The number of carbonyl (C=O) groups is 1. The smallest absolute Gasteiger partial charge is 0.255 e. The number of carbonyl (C=O) groups excluding carboxylic acids is 1. The van der Waals surface area contributed by atoms with E-state index in [2.05, 4.69) is 5.32 Å². The molecule has 0 saturated heterocycles. The summed E-state index contributed by atoms with van der Waals surface area (Å²) in [4.78, 5) is 12.7. The van der Waals surface area contributed by atoms with Crippen molar-refractivity contribution in [2.75, 3.05) is 11.1 Å². The first kappa shape index (κ1) is 15.3. The number of hydrogen-bond donors (Lipinski definition) is 1. The van der Waals surface area contributed by atoms with Crippen molar-refractivity contribution in [1.82, 2.24) is 0 Å². The van der Waals surface area contributed by atoms with Gasteiger partial charge in [-0.05, 0) is 48.7 Å². The van der Waals surface area contributed by atoms with Crippen molar-refractivity contribution in [3.05, 3.63) is 59.2 Å². The van der Waals surface area contributed by atoms with Crippen LogP contribution in [-0.4, -0.2) is 20.1 Å². The first-order valence-electron chi connectivity index (χ1n) is 7.17. The number of anilines is 1. The highest BCUT2D eigenvalue weighted by molar-refractivity contribution is 7.91. The van der Waals surface area contributed by atoms with Crippen molar-refractivity contribution in [2.45, 2.75) is 17.7 Å². The molecule has 0 aromatic heterocycles. The Morgan fingerprint density at radius 1 is 1.17 bits per heavy atom. The fourth-order valence-electron chi connectivity index (χ4n) is 2.67. The molecule has 0 aliphatic carbocycles. The van der Waals surface area contributed by atoms with Gasteiger partial charge in [0.05, 0.1) is 21.9 Å². The summed E-state index contributed by atoms with van der Waals surface area (Å²) >= 11 is 0. The van der Waals surface area contributed by atoms with Gasteiger partial charge in [0.15, 0.2) is 9.84 Å². The predicted molar refractivity (Wildman–Crippen MR) is 85.9 cm³/mol. The molecule has 0 radical (unpaired) electrons. The lowest BCUT2D eigenvalue weighted by molar-refractivity contribution is 0.102. The third-order valence-electron chi connectivity index (χ3n) is 3.81. The molecule has 1 N–H and O–H groups in total. The number of nitrogens with zero attached hydrogens (tertiary/aromatic N) is 1. The number of para-hydroxylation sites is 1. The van der Waals surface area contributed by atoms with E-state index in [1.165, 1.54) is 12.1 Å². The number of rotatable bonds is 2. The van der Waals surface area contributed by atoms with Gasteiger partial charge in [-0.2, -0.15) is 5.26 Å². The van der Waals surface area contributed by atoms with Gasteiger partial charge in [0, 0.05) is 5.56 Å². The summed E-state index contributed by atoms with van der Waals surface area (Å²) in [6, 6.07) is 13.4. The lowest BCUT2D eigenvalue weighted by Crippen LogP contribution is -2.18. The molecule has 23 heavy (non-hydrogen) atoms. The number of fused-ring (bicyclic) bond motifs is 1. The molecule has 1 aliphatic rings. The molecule has 0 saturated carbocycles. The van der Waals surface area contributed by atoms with Gasteiger partial charge in [-0.25, -0.2) is 8.42 Å². The second kappa shape index (κ2) is 5.86. The van der Waals surface area contributed by atoms with Crippen LogP contribution in [-0.2, 0) is 16.3 Å². The molecular formula is C17H14N2O3S. The molecule has 116 valence electrons. The Bertz CT molecular complexity index is 927. The van der Waals surface area contributed by atoms with E-state index in [1.54, 1.807) is 30.3 Å². The van der Waals surface area contributed by atoms with Gasteiger partial charge in [0.25, 0.3) is 5.91 Å². The van der Waals surface area contributed by atoms with Gasteiger partial charge in [0.1, 0.15) is 6.07 Å². The number of benzene rings is 2. The molecular weight excluding hydrogens is 312 g/mol. The van der Waals surface area contributed by atoms with Crippen LogP contribution in [0.25, 0.3) is 0 Å². The van der Waals surface area contributed by atoms with E-state index in [0.717, 1.165) is 0 Å². The van der Waals surface area contributed by atoms with Gasteiger partial charge in [-0.15, -0.1) is 0 Å². The van der Waals surface area contributed by atoms with Crippen LogP contribution in [0.2, 0.25) is 0 Å². The molecule has 5 nitrogen and oxygen atoms in total. The minimum absolute atomic E-state index is 0.154. The molecule has 0 spiro atoms. The Morgan fingerprint density at radius 2 is 1.96 bits per heavy atom. The standard InChI is InChI=1S/C17H14N2O3S/c18-11-14-4-1-2-6-15(14)19-17(20)13-7-8-16-12(10-13)5-3-9-23(16,21)22/h1-2,4,6-8,10H,3,5,9H2,(H,19,20). The van der Waals surface area contributed by atoms with E-state index in [0.29, 0.717) is 40.1 Å². The zero-order valence-electron chi connectivity index (χ0n) is 12.2. The average molecular weight is 326 g/mol. The van der Waals surface area contributed by atoms with E-state index in [-0.39, 0.29) is 11.7 Å². The van der Waals surface area contributed by atoms with Gasteiger partial charge in [0.2, 0.25) is 0 Å². The van der Waals surface area contributed by atoms with E-state index < -0.39 is 9.84 Å². The third-order valence-corrected chi connectivity index (χ3v) is 5.71. The van der Waals surface area contributed by atoms with E-state index >= 15 is 0 Å². The van der Waals surface area contributed by atoms with Crippen LogP contribution < -0.4 is 5.32 Å². The van der Waals surface area contributed by atoms with Crippen LogP contribution in [0.1, 0.15) is 27.9 Å². The molecule has 1 amide bonds. The summed E-state index contributed by atoms with van der Waals surface area (Å²) in [6.07, 6.45) is 1.21. The van der Waals surface area contributed by atoms with Crippen molar-refractivity contribution in [2.24, 2.45) is 0 Å². The zero-order chi connectivity index (χ0) is 16.4. The van der Waals surface area contributed by atoms with Crippen LogP contribution >= 0.6 is 0 Å². The van der Waals surface area contributed by atoms with Gasteiger partial charge in [-0.1, -0.05) is 12.1 Å². The number of nitrogens with one attached hydrogen (secondary N) is 1. The second-order valence-electron chi connectivity index (χ2n) is 5.36. The number of amides is 1. The summed E-state index contributed by atoms with van der Waals surface area (Å²) in [6.45, 7) is 0. The zero-order valence-corrected chi connectivity index (χ0v) is 13.1. The minimum atomic E-state index is -3.23. The van der Waals surface area contributed by atoms with Crippen LogP contribution in [0.5, 0.6) is 0 Å². The molecule has 0 atom stereocenters. The fourth-order valence-corrected chi connectivity index (χ4v) is 4.25. The molecule has 1 aliphatic heterocycles. The highest BCUT2D eigenvalue weighted by Crippen LogP contribution is 2.26. The third kappa shape index (κ3) is 2.96. The molecule has 1 heterocycles. The highest BCUT2D eigenvalue weighted by atomic mass is 32.2. The second-order valence-corrected chi connectivity index (χ2v) is 7.43. The Kier molecular flexibility index (Phi) is 3.89. The largest absolute Gasteiger partial charge is 0.321 e. The first-order valence-corrected chi connectivity index (χ1v) is 8.83. The molecule has 0 unspecified atom stereocenters. The SMILES string of the molecule is N#Cc1ccccc1NC(=O)c1ccc2c(c1)CCCS2(=O)=O. The lowest BCUT2D eigenvalue weighted by atomic mass is 10.1. The number of nitriles is 1. The molecule has 2 aromatic rings. The fraction of sp³-hybridized carbons (Fsp3) is 0.176. The Morgan fingerprint density at radius 3 is 2.74 bits per heavy atom. The Balaban J connectivity index is 1.91. The summed E-state index contributed by atoms with van der Waals surface area (Å²) in [7, 11) is -3.23. The van der Waals surface area contributed by atoms with Gasteiger partial charge < -0.3 is 5.32 Å². The van der Waals surface area contributed by atoms with E-state index in [9.17, 15) is 13.2 Å². The van der Waals surface area contributed by atoms with Gasteiger partial charge >= 0.3 is 0 Å². The maximum atomic E-state index is 12.4. The van der Waals surface area contributed by atoms with Crippen molar-refractivity contribution in [3.8, 4) is 6.07 Å². The monoisotopic (exact) mass is 326 g/mol. The molecule has 6 heteroatoms. The summed E-state index contributed by atoms with van der Waals surface area (Å²) in [5.74, 6) is -0.209. The highest BCUT2D eigenvalue weighted by Gasteiger charge is 2.24.